The van der Waals surface area contributed by atoms with E-state index in [1.807, 2.05) is 6.92 Å². The van der Waals surface area contributed by atoms with E-state index in [2.05, 4.69) is 36.9 Å². The number of halogens is 1. The van der Waals surface area contributed by atoms with Gasteiger partial charge in [-0.05, 0) is 69.7 Å². The Morgan fingerprint density at radius 3 is 2.45 bits per heavy atom. The maximum Gasteiger partial charge on any atom is 0.435 e. The van der Waals surface area contributed by atoms with Crippen LogP contribution in [0.3, 0.4) is 0 Å². The third-order valence-corrected chi connectivity index (χ3v) is 7.45. The van der Waals surface area contributed by atoms with E-state index in [1.165, 1.54) is 43.4 Å². The van der Waals surface area contributed by atoms with E-state index in [1.54, 1.807) is 51.1 Å². The van der Waals surface area contributed by atoms with Crippen molar-refractivity contribution in [1.82, 2.24) is 24.7 Å². The Bertz CT molecular complexity index is 1940. The zero-order valence-corrected chi connectivity index (χ0v) is 31.5. The molecule has 0 spiro atoms. The molecule has 294 valence electrons. The predicted molar refractivity (Wildman–Crippen MR) is 198 cm³/mol. The number of carbonyl (C=O) groups excluding carboxylic acids is 2. The average Bonchev–Trinajstić information content (AvgIpc) is 3.59. The van der Waals surface area contributed by atoms with E-state index in [4.69, 9.17) is 38.9 Å². The van der Waals surface area contributed by atoms with E-state index in [0.29, 0.717) is 23.4 Å². The van der Waals surface area contributed by atoms with Gasteiger partial charge in [0.25, 0.3) is 5.95 Å². The van der Waals surface area contributed by atoms with Crippen LogP contribution in [0.5, 0.6) is 17.5 Å². The minimum Gasteiger partial charge on any atom is -0.497 e. The van der Waals surface area contributed by atoms with Gasteiger partial charge in [0.2, 0.25) is 6.79 Å². The van der Waals surface area contributed by atoms with Crippen molar-refractivity contribution in [2.24, 2.45) is 16.1 Å². The van der Waals surface area contributed by atoms with Crippen LogP contribution in [-0.2, 0) is 23.7 Å². The third-order valence-electron chi connectivity index (χ3n) is 7.45. The summed E-state index contributed by atoms with van der Waals surface area (Å²) in [7, 11) is 2.91. The number of amides is 1. The van der Waals surface area contributed by atoms with Crippen LogP contribution in [0.1, 0.15) is 50.7 Å². The molecule has 1 unspecified atom stereocenters. The van der Waals surface area contributed by atoms with E-state index in [9.17, 15) is 9.59 Å². The Labute approximate surface area is 317 Å². The van der Waals surface area contributed by atoms with Crippen LogP contribution >= 0.6 is 0 Å². The zero-order valence-electron chi connectivity index (χ0n) is 31.5. The highest BCUT2D eigenvalue weighted by Crippen LogP contribution is 2.36. The van der Waals surface area contributed by atoms with Gasteiger partial charge in [-0.25, -0.2) is 19.2 Å². The standard InChI is InChI=1S/C37H45FN8O9/c1-8-51-16-17-52-28-19-26(50-7)18-27(29(28)38)30(42-25-12-10-24(11-13-25)31(39)43-36(48)53-20-23(2)3)32-44-35(46(45-32)34-40-14-9-15-41-34)55-22-54-33(47)37(4,5)21-49-6/h9-15,18-19,30,42H,2,8,16-17,20-22H2,1,3-7H3,(H2,39,43,48). The summed E-state index contributed by atoms with van der Waals surface area (Å²) in [6.45, 7) is 10.9. The first-order valence-electron chi connectivity index (χ1n) is 17.0. The van der Waals surface area contributed by atoms with Gasteiger partial charge < -0.3 is 44.2 Å². The molecule has 1 amide bonds. The fraction of sp³-hybridized carbons (Fsp3) is 0.378. The van der Waals surface area contributed by atoms with Gasteiger partial charge in [0.05, 0.1) is 25.7 Å². The Balaban J connectivity index is 1.76. The number of benzene rings is 2. The summed E-state index contributed by atoms with van der Waals surface area (Å²) >= 11 is 0. The molecule has 0 aliphatic carbocycles. The molecule has 4 aromatic rings. The quantitative estimate of drug-likeness (QED) is 0.0310. The third kappa shape index (κ3) is 11.7. The number of hydrogen-bond donors (Lipinski definition) is 2. The van der Waals surface area contributed by atoms with E-state index >= 15 is 4.39 Å². The van der Waals surface area contributed by atoms with Gasteiger partial charge in [0.15, 0.2) is 17.4 Å². The second-order valence-electron chi connectivity index (χ2n) is 12.5. The van der Waals surface area contributed by atoms with Crippen molar-refractivity contribution in [1.29, 1.82) is 0 Å². The summed E-state index contributed by atoms with van der Waals surface area (Å²) in [4.78, 5) is 41.7. The maximum absolute atomic E-state index is 16.5. The van der Waals surface area contributed by atoms with Gasteiger partial charge in [-0.3, -0.25) is 4.79 Å². The average molecular weight is 765 g/mol. The lowest BCUT2D eigenvalue weighted by Crippen LogP contribution is -2.32. The minimum absolute atomic E-state index is 0.00459. The van der Waals surface area contributed by atoms with E-state index < -0.39 is 36.1 Å². The number of nitrogens with zero attached hydrogens (tertiary/aromatic N) is 6. The van der Waals surface area contributed by atoms with Crippen LogP contribution in [0.2, 0.25) is 0 Å². The van der Waals surface area contributed by atoms with Crippen LogP contribution in [0, 0.1) is 11.2 Å². The molecular formula is C37H45FN8O9. The van der Waals surface area contributed by atoms with Crippen LogP contribution in [0.25, 0.3) is 5.95 Å². The second-order valence-corrected chi connectivity index (χ2v) is 12.5. The van der Waals surface area contributed by atoms with Gasteiger partial charge in [-0.2, -0.15) is 9.98 Å². The number of nitrogens with two attached hydrogens (primary N) is 1. The van der Waals surface area contributed by atoms with Crippen LogP contribution in [0.4, 0.5) is 14.9 Å². The largest absolute Gasteiger partial charge is 0.497 e. The summed E-state index contributed by atoms with van der Waals surface area (Å²) in [6.07, 6.45) is 2.10. The van der Waals surface area contributed by atoms with Gasteiger partial charge in [-0.15, -0.1) is 9.78 Å². The van der Waals surface area contributed by atoms with Crippen molar-refractivity contribution in [2.45, 2.75) is 33.7 Å². The summed E-state index contributed by atoms with van der Waals surface area (Å²) in [6, 6.07) is 9.66. The number of rotatable bonds is 20. The number of aliphatic imine (C=N–C) groups is 1. The highest BCUT2D eigenvalue weighted by molar-refractivity contribution is 6.02. The van der Waals surface area contributed by atoms with Crippen LogP contribution in [-0.4, -0.2) is 96.7 Å². The van der Waals surface area contributed by atoms with Crippen LogP contribution < -0.4 is 25.3 Å². The Morgan fingerprint density at radius 2 is 1.80 bits per heavy atom. The molecule has 0 fully saturated rings. The summed E-state index contributed by atoms with van der Waals surface area (Å²) in [5, 5.41) is 7.87. The topological polar surface area (TPSA) is 206 Å². The molecule has 2 aromatic carbocycles. The molecule has 0 aliphatic heterocycles. The second kappa shape index (κ2) is 19.8. The number of nitrogens with one attached hydrogen (secondary N) is 1. The lowest BCUT2D eigenvalue weighted by Gasteiger charge is -2.21. The smallest absolute Gasteiger partial charge is 0.435 e. The SMILES string of the molecule is C=C(C)COC(=O)N=C(N)c1ccc(NC(c2nc(OCOC(=O)C(C)(C)COC)n(-c3ncccn3)n2)c2cc(OC)cc(OCCOCC)c2F)cc1. The first-order valence-corrected chi connectivity index (χ1v) is 17.0. The number of hydrogen-bond acceptors (Lipinski definition) is 14. The number of amidine groups is 1. The van der Waals surface area contributed by atoms with Crippen molar-refractivity contribution >= 4 is 23.6 Å². The highest BCUT2D eigenvalue weighted by Gasteiger charge is 2.31. The monoisotopic (exact) mass is 764 g/mol. The van der Waals surface area contributed by atoms with Crippen molar-refractivity contribution in [3.8, 4) is 23.5 Å². The number of ether oxygens (including phenoxy) is 7. The zero-order chi connectivity index (χ0) is 40.0. The fourth-order valence-electron chi connectivity index (χ4n) is 4.76. The number of aromatic nitrogens is 5. The van der Waals surface area contributed by atoms with Crippen molar-refractivity contribution in [3.05, 3.63) is 89.8 Å². The molecule has 0 radical (unpaired) electrons. The van der Waals surface area contributed by atoms with Gasteiger partial charge in [0, 0.05) is 49.0 Å². The molecule has 0 aliphatic rings. The molecule has 0 bridgehead atoms. The fourth-order valence-corrected chi connectivity index (χ4v) is 4.76. The number of carbonyl (C=O) groups is 2. The highest BCUT2D eigenvalue weighted by atomic mass is 19.1. The molecular weight excluding hydrogens is 719 g/mol. The lowest BCUT2D eigenvalue weighted by molar-refractivity contribution is -0.163. The lowest BCUT2D eigenvalue weighted by atomic mass is 9.95. The summed E-state index contributed by atoms with van der Waals surface area (Å²) in [5.41, 5.74) is 6.65. The molecule has 2 heterocycles. The Hall–Kier alpha value is -6.14. The van der Waals surface area contributed by atoms with Crippen molar-refractivity contribution in [3.63, 3.8) is 0 Å². The van der Waals surface area contributed by atoms with Crippen molar-refractivity contribution < 1.29 is 47.1 Å². The number of esters is 1. The molecule has 3 N–H and O–H groups in total. The summed E-state index contributed by atoms with van der Waals surface area (Å²) < 4.78 is 55.6. The molecule has 17 nitrogen and oxygen atoms in total. The minimum atomic E-state index is -1.14. The Kier molecular flexibility index (Phi) is 15.0. The molecule has 55 heavy (non-hydrogen) atoms. The maximum atomic E-state index is 16.5. The van der Waals surface area contributed by atoms with Gasteiger partial charge in [0.1, 0.15) is 30.8 Å². The summed E-state index contributed by atoms with van der Waals surface area (Å²) in [5.74, 6) is -1.17. The van der Waals surface area contributed by atoms with Gasteiger partial charge in [-0.1, -0.05) is 6.58 Å². The first-order chi connectivity index (χ1) is 26.4. The predicted octanol–water partition coefficient (Wildman–Crippen LogP) is 4.79. The molecule has 1 atom stereocenters. The number of methoxy groups -OCH3 is 2. The molecule has 2 aromatic heterocycles. The van der Waals surface area contributed by atoms with E-state index in [-0.39, 0.29) is 67.1 Å². The Morgan fingerprint density at radius 1 is 1.07 bits per heavy atom. The molecule has 4 rings (SSSR count). The van der Waals surface area contributed by atoms with Crippen molar-refractivity contribution in [2.75, 3.05) is 59.4 Å². The number of anilines is 1. The normalized spacial score (nSPS) is 12.1. The molecule has 18 heteroatoms. The first kappa shape index (κ1) is 41.6. The van der Waals surface area contributed by atoms with Gasteiger partial charge >= 0.3 is 18.1 Å². The van der Waals surface area contributed by atoms with Crippen LogP contribution in [0.15, 0.2) is 72.0 Å². The molecule has 0 saturated heterocycles. The molecule has 0 saturated carbocycles. The van der Waals surface area contributed by atoms with E-state index in [0.717, 1.165) is 0 Å².